The highest BCUT2D eigenvalue weighted by Gasteiger charge is 2.34. The monoisotopic (exact) mass is 285 g/mol. The number of aromatic amines is 1. The van der Waals surface area contributed by atoms with Crippen LogP contribution in [-0.4, -0.2) is 25.5 Å². The van der Waals surface area contributed by atoms with Crippen LogP contribution < -0.4 is 0 Å². The molecule has 19 heavy (non-hydrogen) atoms. The van der Waals surface area contributed by atoms with E-state index >= 15 is 0 Å². The van der Waals surface area contributed by atoms with Gasteiger partial charge in [-0.05, 0) is 13.0 Å². The fraction of sp³-hybridized carbons (Fsp3) is 0.333. The van der Waals surface area contributed by atoms with Crippen molar-refractivity contribution in [1.29, 1.82) is 0 Å². The molecule has 2 unspecified atom stereocenters. The summed E-state index contributed by atoms with van der Waals surface area (Å²) in [7, 11) is 0. The largest absolute Gasteiger partial charge is 0.384 e. The van der Waals surface area contributed by atoms with Gasteiger partial charge in [0.2, 0.25) is 0 Å². The van der Waals surface area contributed by atoms with Crippen molar-refractivity contribution in [3.8, 4) is 0 Å². The fourth-order valence-electron chi connectivity index (χ4n) is 1.79. The summed E-state index contributed by atoms with van der Waals surface area (Å²) in [6, 6.07) is 3.05. The summed E-state index contributed by atoms with van der Waals surface area (Å²) in [5.74, 6) is -0.965. The van der Waals surface area contributed by atoms with E-state index in [9.17, 15) is 13.9 Å². The smallest absolute Gasteiger partial charge is 0.137 e. The number of nitrogens with zero attached hydrogens (tertiary/aromatic N) is 2. The van der Waals surface area contributed by atoms with Crippen molar-refractivity contribution in [2.45, 2.75) is 24.2 Å². The molecule has 1 aromatic heterocycles. The minimum atomic E-state index is -1.56. The van der Waals surface area contributed by atoms with Gasteiger partial charge in [0.05, 0.1) is 0 Å². The van der Waals surface area contributed by atoms with Gasteiger partial charge in [0.1, 0.15) is 29.4 Å². The van der Waals surface area contributed by atoms with Crippen LogP contribution >= 0.6 is 12.6 Å². The Hall–Kier alpha value is -1.47. The Morgan fingerprint density at radius 1 is 1.47 bits per heavy atom. The van der Waals surface area contributed by atoms with Gasteiger partial charge >= 0.3 is 0 Å². The standard InChI is InChI=1S/C12H13F2N3OS/c1-12(18,8-3-2-7(13)4-9(8)14)10(19)5-11-15-6-16-17-11/h2-4,6,10,18-19H,5H2,1H3,(H,15,16,17). The average Bonchev–Trinajstić information content (AvgIpc) is 2.81. The molecule has 0 saturated heterocycles. The molecule has 0 saturated carbocycles. The van der Waals surface area contributed by atoms with Gasteiger partial charge in [-0.1, -0.05) is 6.07 Å². The number of benzene rings is 1. The number of rotatable bonds is 4. The second kappa shape index (κ2) is 5.26. The molecule has 102 valence electrons. The number of hydrogen-bond acceptors (Lipinski definition) is 4. The zero-order chi connectivity index (χ0) is 14.0. The number of aliphatic hydroxyl groups is 1. The van der Waals surface area contributed by atoms with Gasteiger partial charge in [-0.3, -0.25) is 5.10 Å². The number of aromatic nitrogens is 3. The number of hydrogen-bond donors (Lipinski definition) is 3. The van der Waals surface area contributed by atoms with Crippen LogP contribution in [0, 0.1) is 11.6 Å². The SMILES string of the molecule is CC(O)(c1ccc(F)cc1F)C(S)Cc1ncn[nH]1. The molecule has 0 amide bonds. The van der Waals surface area contributed by atoms with Crippen LogP contribution in [0.3, 0.4) is 0 Å². The van der Waals surface area contributed by atoms with E-state index < -0.39 is 22.5 Å². The zero-order valence-corrected chi connectivity index (χ0v) is 11.0. The van der Waals surface area contributed by atoms with Crippen molar-refractivity contribution in [1.82, 2.24) is 15.2 Å². The summed E-state index contributed by atoms with van der Waals surface area (Å²) in [4.78, 5) is 3.92. The van der Waals surface area contributed by atoms with Gasteiger partial charge < -0.3 is 5.11 Å². The summed E-state index contributed by atoms with van der Waals surface area (Å²) < 4.78 is 26.6. The van der Waals surface area contributed by atoms with Crippen molar-refractivity contribution in [2.75, 3.05) is 0 Å². The van der Waals surface area contributed by atoms with E-state index in [1.807, 2.05) is 0 Å². The van der Waals surface area contributed by atoms with E-state index in [1.54, 1.807) is 0 Å². The third kappa shape index (κ3) is 2.93. The maximum absolute atomic E-state index is 13.7. The molecular formula is C12H13F2N3OS. The van der Waals surface area contributed by atoms with Crippen molar-refractivity contribution in [2.24, 2.45) is 0 Å². The molecule has 0 aliphatic rings. The summed E-state index contributed by atoms with van der Waals surface area (Å²) in [6.07, 6.45) is 1.61. The highest BCUT2D eigenvalue weighted by molar-refractivity contribution is 7.81. The Kier molecular flexibility index (Phi) is 3.86. The van der Waals surface area contributed by atoms with Crippen LogP contribution in [0.25, 0.3) is 0 Å². The molecule has 1 aromatic carbocycles. The van der Waals surface area contributed by atoms with E-state index in [4.69, 9.17) is 0 Å². The molecule has 0 radical (unpaired) electrons. The second-order valence-electron chi connectivity index (χ2n) is 4.42. The summed E-state index contributed by atoms with van der Waals surface area (Å²) in [6.45, 7) is 1.43. The van der Waals surface area contributed by atoms with Gasteiger partial charge in [-0.25, -0.2) is 13.8 Å². The van der Waals surface area contributed by atoms with E-state index in [1.165, 1.54) is 19.3 Å². The molecule has 0 fully saturated rings. The quantitative estimate of drug-likeness (QED) is 0.751. The molecule has 2 rings (SSSR count). The number of nitrogens with one attached hydrogen (secondary N) is 1. The normalized spacial score (nSPS) is 16.1. The van der Waals surface area contributed by atoms with Crippen LogP contribution in [0.15, 0.2) is 24.5 Å². The lowest BCUT2D eigenvalue weighted by Gasteiger charge is -2.30. The van der Waals surface area contributed by atoms with E-state index in [2.05, 4.69) is 27.8 Å². The molecule has 0 spiro atoms. The Morgan fingerprint density at radius 3 is 2.79 bits per heavy atom. The van der Waals surface area contributed by atoms with Crippen molar-refractivity contribution in [3.63, 3.8) is 0 Å². The fourth-order valence-corrected chi connectivity index (χ4v) is 2.10. The Balaban J connectivity index is 2.25. The third-order valence-corrected chi connectivity index (χ3v) is 3.66. The Morgan fingerprint density at radius 2 is 2.21 bits per heavy atom. The molecule has 0 bridgehead atoms. The minimum absolute atomic E-state index is 0.00610. The van der Waals surface area contributed by atoms with Crippen LogP contribution in [0.1, 0.15) is 18.3 Å². The van der Waals surface area contributed by atoms with Crippen molar-refractivity contribution in [3.05, 3.63) is 47.5 Å². The van der Waals surface area contributed by atoms with Crippen LogP contribution in [0.5, 0.6) is 0 Å². The van der Waals surface area contributed by atoms with Gasteiger partial charge in [0.15, 0.2) is 0 Å². The minimum Gasteiger partial charge on any atom is -0.384 e. The number of thiol groups is 1. The third-order valence-electron chi connectivity index (χ3n) is 2.98. The van der Waals surface area contributed by atoms with E-state index in [0.717, 1.165) is 12.1 Å². The summed E-state index contributed by atoms with van der Waals surface area (Å²) in [5, 5.41) is 16.1. The maximum Gasteiger partial charge on any atom is 0.137 e. The molecule has 1 heterocycles. The first-order chi connectivity index (χ1) is 8.91. The lowest BCUT2D eigenvalue weighted by Crippen LogP contribution is -2.35. The molecule has 7 heteroatoms. The van der Waals surface area contributed by atoms with E-state index in [0.29, 0.717) is 5.82 Å². The highest BCUT2D eigenvalue weighted by Crippen LogP contribution is 2.31. The molecular weight excluding hydrogens is 272 g/mol. The number of halogens is 2. The van der Waals surface area contributed by atoms with Gasteiger partial charge in [0.25, 0.3) is 0 Å². The van der Waals surface area contributed by atoms with Crippen LogP contribution in [0.2, 0.25) is 0 Å². The molecule has 0 aliphatic heterocycles. The predicted molar refractivity (Wildman–Crippen MR) is 68.8 cm³/mol. The molecule has 0 aliphatic carbocycles. The average molecular weight is 285 g/mol. The summed E-state index contributed by atoms with van der Waals surface area (Å²) >= 11 is 4.28. The lowest BCUT2D eigenvalue weighted by atomic mass is 9.90. The highest BCUT2D eigenvalue weighted by atomic mass is 32.1. The first kappa shape index (κ1) is 14.0. The Labute approximate surface area is 114 Å². The molecule has 2 aromatic rings. The Bertz CT molecular complexity index is 560. The first-order valence-corrected chi connectivity index (χ1v) is 6.13. The first-order valence-electron chi connectivity index (χ1n) is 5.61. The van der Waals surface area contributed by atoms with Crippen LogP contribution in [0.4, 0.5) is 8.78 Å². The molecule has 2 N–H and O–H groups in total. The predicted octanol–water partition coefficient (Wildman–Crippen LogP) is 1.83. The van der Waals surface area contributed by atoms with E-state index in [-0.39, 0.29) is 12.0 Å². The maximum atomic E-state index is 13.7. The zero-order valence-electron chi connectivity index (χ0n) is 10.1. The van der Waals surface area contributed by atoms with Crippen LogP contribution in [-0.2, 0) is 12.0 Å². The van der Waals surface area contributed by atoms with Gasteiger partial charge in [0, 0.05) is 23.3 Å². The van der Waals surface area contributed by atoms with Crippen molar-refractivity contribution >= 4 is 12.6 Å². The number of H-pyrrole nitrogens is 1. The van der Waals surface area contributed by atoms with Gasteiger partial charge in [-0.15, -0.1) is 0 Å². The summed E-state index contributed by atoms with van der Waals surface area (Å²) in [5.41, 5.74) is -1.57. The van der Waals surface area contributed by atoms with Gasteiger partial charge in [-0.2, -0.15) is 17.7 Å². The topological polar surface area (TPSA) is 61.8 Å². The lowest BCUT2D eigenvalue weighted by molar-refractivity contribution is 0.0507. The second-order valence-corrected chi connectivity index (χ2v) is 5.05. The molecule has 4 nitrogen and oxygen atoms in total. The molecule has 2 atom stereocenters. The van der Waals surface area contributed by atoms with Crippen molar-refractivity contribution < 1.29 is 13.9 Å².